The molecule has 8 nitrogen and oxygen atoms in total. The zero-order valence-electron chi connectivity index (χ0n) is 22.1. The first-order chi connectivity index (χ1) is 18.5. The van der Waals surface area contributed by atoms with E-state index < -0.39 is 34.4 Å². The Morgan fingerprint density at radius 1 is 0.974 bits per heavy atom. The number of rotatable bonds is 11. The summed E-state index contributed by atoms with van der Waals surface area (Å²) in [4.78, 5) is 28.1. The monoisotopic (exact) mass is 591 g/mol. The molecular formula is C28H31Cl2N3O5S. The van der Waals surface area contributed by atoms with E-state index in [9.17, 15) is 18.0 Å². The molecule has 0 fully saturated rings. The number of methoxy groups -OCH3 is 1. The number of ether oxygens (including phenoxy) is 1. The molecule has 11 heteroatoms. The highest BCUT2D eigenvalue weighted by atomic mass is 35.5. The van der Waals surface area contributed by atoms with Crippen LogP contribution < -0.4 is 14.4 Å². The summed E-state index contributed by atoms with van der Waals surface area (Å²) in [5.41, 5.74) is 1.68. The number of likely N-dealkylation sites (N-methyl/N-ethyl adjacent to an activating group) is 1. The van der Waals surface area contributed by atoms with Crippen LogP contribution in [-0.2, 0) is 26.2 Å². The van der Waals surface area contributed by atoms with Crippen molar-refractivity contribution in [1.82, 2.24) is 10.2 Å². The number of carbonyl (C=O) groups is 2. The first-order valence-corrected chi connectivity index (χ1v) is 14.4. The molecule has 0 saturated heterocycles. The molecule has 0 aliphatic heterocycles. The Labute approximate surface area is 239 Å². The Morgan fingerprint density at radius 3 is 2.08 bits per heavy atom. The number of amides is 2. The molecule has 2 amide bonds. The van der Waals surface area contributed by atoms with Gasteiger partial charge in [-0.2, -0.15) is 0 Å². The number of nitrogens with zero attached hydrogens (tertiary/aromatic N) is 2. The second-order valence-electron chi connectivity index (χ2n) is 8.78. The fourth-order valence-corrected chi connectivity index (χ4v) is 5.99. The Bertz CT molecular complexity index is 1390. The predicted molar refractivity (Wildman–Crippen MR) is 154 cm³/mol. The summed E-state index contributed by atoms with van der Waals surface area (Å²) in [6, 6.07) is 16.8. The van der Waals surface area contributed by atoms with Crippen LogP contribution in [0.2, 0.25) is 10.0 Å². The van der Waals surface area contributed by atoms with Crippen LogP contribution in [0.5, 0.6) is 5.75 Å². The van der Waals surface area contributed by atoms with Gasteiger partial charge in [-0.3, -0.25) is 13.9 Å². The van der Waals surface area contributed by atoms with E-state index in [2.05, 4.69) is 5.32 Å². The van der Waals surface area contributed by atoms with Gasteiger partial charge in [0.25, 0.3) is 10.0 Å². The summed E-state index contributed by atoms with van der Waals surface area (Å²) >= 11 is 12.8. The van der Waals surface area contributed by atoms with Crippen molar-refractivity contribution in [1.29, 1.82) is 0 Å². The summed E-state index contributed by atoms with van der Waals surface area (Å²) < 4.78 is 33.9. The highest BCUT2D eigenvalue weighted by Crippen LogP contribution is 2.29. The van der Waals surface area contributed by atoms with E-state index in [0.29, 0.717) is 27.0 Å². The third-order valence-corrected chi connectivity index (χ3v) is 8.77. The van der Waals surface area contributed by atoms with Gasteiger partial charge in [-0.15, -0.1) is 0 Å². The molecular weight excluding hydrogens is 561 g/mol. The molecule has 0 unspecified atom stereocenters. The van der Waals surface area contributed by atoms with Gasteiger partial charge in [0.1, 0.15) is 18.3 Å². The van der Waals surface area contributed by atoms with Crippen molar-refractivity contribution in [2.45, 2.75) is 37.8 Å². The largest absolute Gasteiger partial charge is 0.497 e. The van der Waals surface area contributed by atoms with Gasteiger partial charge in [0.2, 0.25) is 11.8 Å². The summed E-state index contributed by atoms with van der Waals surface area (Å²) in [5, 5.41) is 3.24. The molecule has 0 aliphatic carbocycles. The molecule has 0 aromatic heterocycles. The average Bonchev–Trinajstić information content (AvgIpc) is 2.93. The molecule has 3 rings (SSSR count). The molecule has 3 aromatic rings. The standard InChI is InChI=1S/C28H31Cl2N3O5S/c1-5-26(28(35)31-3)32(17-23-24(29)7-6-8-25(23)30)27(34)18-33(20-11-9-19(2)10-12-20)39(36,37)22-15-13-21(38-4)14-16-22/h6-16,26H,5,17-18H2,1-4H3,(H,31,35)/t26-/m0/s1. The second-order valence-corrected chi connectivity index (χ2v) is 11.5. The SMILES string of the molecule is CC[C@@H](C(=O)NC)N(Cc1c(Cl)cccc1Cl)C(=O)CN(c1ccc(C)cc1)S(=O)(=O)c1ccc(OC)cc1. The van der Waals surface area contributed by atoms with E-state index in [0.717, 1.165) is 9.87 Å². The second kappa shape index (κ2) is 13.2. The molecule has 0 spiro atoms. The molecule has 3 aromatic carbocycles. The van der Waals surface area contributed by atoms with Gasteiger partial charge in [-0.25, -0.2) is 8.42 Å². The van der Waals surface area contributed by atoms with Crippen molar-refractivity contribution in [2.75, 3.05) is 25.0 Å². The summed E-state index contributed by atoms with van der Waals surface area (Å²) in [5.74, 6) is -0.501. The van der Waals surface area contributed by atoms with Crippen molar-refractivity contribution in [2.24, 2.45) is 0 Å². The van der Waals surface area contributed by atoms with Crippen LogP contribution in [0.25, 0.3) is 0 Å². The average molecular weight is 593 g/mol. The predicted octanol–water partition coefficient (Wildman–Crippen LogP) is 5.06. The summed E-state index contributed by atoms with van der Waals surface area (Å²) in [7, 11) is -1.23. The third kappa shape index (κ3) is 7.03. The zero-order chi connectivity index (χ0) is 28.7. The maximum absolute atomic E-state index is 14.0. The normalized spacial score (nSPS) is 11.9. The van der Waals surface area contributed by atoms with E-state index in [-0.39, 0.29) is 17.9 Å². The number of aryl methyl sites for hydroxylation is 1. The molecule has 1 atom stereocenters. The summed E-state index contributed by atoms with van der Waals surface area (Å²) in [6.45, 7) is 2.99. The quantitative estimate of drug-likeness (QED) is 0.336. The summed E-state index contributed by atoms with van der Waals surface area (Å²) in [6.07, 6.45) is 0.281. The smallest absolute Gasteiger partial charge is 0.264 e. The van der Waals surface area contributed by atoms with Crippen molar-refractivity contribution >= 4 is 50.7 Å². The molecule has 0 bridgehead atoms. The Kier molecular flexibility index (Phi) is 10.2. The van der Waals surface area contributed by atoms with Crippen LogP contribution in [0, 0.1) is 6.92 Å². The van der Waals surface area contributed by atoms with Crippen molar-refractivity contribution in [3.8, 4) is 5.75 Å². The molecule has 0 radical (unpaired) electrons. The van der Waals surface area contributed by atoms with Gasteiger partial charge >= 0.3 is 0 Å². The fourth-order valence-electron chi connectivity index (χ4n) is 4.05. The van der Waals surface area contributed by atoms with Crippen molar-refractivity contribution in [3.05, 3.63) is 87.9 Å². The minimum absolute atomic E-state index is 0.0179. The number of anilines is 1. The third-order valence-electron chi connectivity index (χ3n) is 6.27. The fraction of sp³-hybridized carbons (Fsp3) is 0.286. The number of hydrogen-bond donors (Lipinski definition) is 1. The number of nitrogens with one attached hydrogen (secondary N) is 1. The molecule has 208 valence electrons. The van der Waals surface area contributed by atoms with Crippen molar-refractivity contribution < 1.29 is 22.7 Å². The van der Waals surface area contributed by atoms with Gasteiger partial charge in [0.05, 0.1) is 17.7 Å². The Hall–Kier alpha value is -3.27. The molecule has 1 N–H and O–H groups in total. The van der Waals surface area contributed by atoms with Gasteiger partial charge in [-0.05, 0) is 61.9 Å². The molecule has 0 saturated carbocycles. The van der Waals surface area contributed by atoms with E-state index >= 15 is 0 Å². The topological polar surface area (TPSA) is 96.0 Å². The molecule has 39 heavy (non-hydrogen) atoms. The van der Waals surface area contributed by atoms with Crippen LogP contribution in [0.15, 0.2) is 71.6 Å². The Balaban J connectivity index is 2.09. The van der Waals surface area contributed by atoms with E-state index in [4.69, 9.17) is 27.9 Å². The lowest BCUT2D eigenvalue weighted by atomic mass is 10.1. The van der Waals surface area contributed by atoms with Crippen LogP contribution in [0.3, 0.4) is 0 Å². The van der Waals surface area contributed by atoms with Gasteiger partial charge in [0.15, 0.2) is 0 Å². The molecule has 0 heterocycles. The number of carbonyl (C=O) groups excluding carboxylic acids is 2. The van der Waals surface area contributed by atoms with E-state index in [1.165, 1.54) is 43.3 Å². The van der Waals surface area contributed by atoms with Crippen molar-refractivity contribution in [3.63, 3.8) is 0 Å². The molecule has 0 aliphatic rings. The zero-order valence-corrected chi connectivity index (χ0v) is 24.5. The van der Waals surface area contributed by atoms with Gasteiger partial charge in [-0.1, -0.05) is 53.9 Å². The minimum atomic E-state index is -4.19. The lowest BCUT2D eigenvalue weighted by Gasteiger charge is -2.33. The number of hydrogen-bond acceptors (Lipinski definition) is 5. The number of benzene rings is 3. The van der Waals surface area contributed by atoms with Gasteiger partial charge < -0.3 is 15.0 Å². The first kappa shape index (κ1) is 30.3. The van der Waals surface area contributed by atoms with Crippen LogP contribution >= 0.6 is 23.2 Å². The minimum Gasteiger partial charge on any atom is -0.497 e. The van der Waals surface area contributed by atoms with E-state index in [1.807, 2.05) is 6.92 Å². The van der Waals surface area contributed by atoms with Crippen LogP contribution in [0.4, 0.5) is 5.69 Å². The van der Waals surface area contributed by atoms with E-state index in [1.54, 1.807) is 49.4 Å². The lowest BCUT2D eigenvalue weighted by Crippen LogP contribution is -2.51. The number of sulfonamides is 1. The highest BCUT2D eigenvalue weighted by Gasteiger charge is 2.34. The maximum atomic E-state index is 14.0. The lowest BCUT2D eigenvalue weighted by molar-refractivity contribution is -0.140. The highest BCUT2D eigenvalue weighted by molar-refractivity contribution is 7.92. The van der Waals surface area contributed by atoms with Crippen LogP contribution in [-0.4, -0.2) is 51.9 Å². The Morgan fingerprint density at radius 2 is 1.56 bits per heavy atom. The maximum Gasteiger partial charge on any atom is 0.264 e. The van der Waals surface area contributed by atoms with Crippen LogP contribution in [0.1, 0.15) is 24.5 Å². The number of halogens is 2. The van der Waals surface area contributed by atoms with Gasteiger partial charge in [0, 0.05) is 29.2 Å². The first-order valence-electron chi connectivity index (χ1n) is 12.2.